The molecule has 0 saturated carbocycles. The van der Waals surface area contributed by atoms with Gasteiger partial charge < -0.3 is 0 Å². The highest BCUT2D eigenvalue weighted by atomic mass is 32.1. The topological polar surface area (TPSA) is 34.1 Å². The van der Waals surface area contributed by atoms with Crippen LogP contribution in [0.1, 0.15) is 224 Å². The molecule has 2 nitrogen and oxygen atoms in total. The summed E-state index contributed by atoms with van der Waals surface area (Å²) >= 11 is 36.6. The molecule has 81 heavy (non-hydrogen) atoms. The van der Waals surface area contributed by atoms with Crippen molar-refractivity contribution in [2.75, 3.05) is 34.5 Å². The van der Waals surface area contributed by atoms with Gasteiger partial charge in [-0.1, -0.05) is 245 Å². The van der Waals surface area contributed by atoms with Crippen LogP contribution in [-0.2, 0) is 49.1 Å². The Bertz CT molecular complexity index is 2010. The number of benzene rings is 4. The zero-order chi connectivity index (χ0) is 63.0. The van der Waals surface area contributed by atoms with E-state index in [1.54, 1.807) is 6.07 Å². The number of hydrogen-bond donors (Lipinski definition) is 9. The molecule has 0 aliphatic heterocycles. The minimum atomic E-state index is -0.151. The van der Waals surface area contributed by atoms with Gasteiger partial charge in [0.2, 0.25) is 5.12 Å². The zero-order valence-corrected chi connectivity index (χ0v) is 61.8. The Morgan fingerprint density at radius 1 is 0.420 bits per heavy atom. The standard InChI is InChI=1S/C10H12OS.C10H14S.C9H10OS.C9H12S.C8H18S.2C7H16S.C5H12S.C5H10S/c1-2-8-5-3-4-6-9(8)7-10(11)12;1-2-9-5-3-4-6-10(9)7-8-11;1-2-7-5-3-4-6-8(7)9(10)11;1-2-8-5-3-4-6-9(8)7-10;1-4-5-8(2,3)6-7-9;1-4-7(2,3)5-6-8;1-4-5-7(2,3)6-8;2*1-2-3-4-5-6/h3-6H,2,7H2,1H3,(H,11,12);3-6,11H,2,7-8H2,1H3;3-6H,2H2,1H3,(H,10,11);3-6,10H,2,7H2,1H3;9H,4-7H2,1-3H3;2*8H,4-6H2,1-3H3;6H,2-5H2,1H3;3-4,6H,2,5H2,1H3/b;;;;;;;;4-3-. The quantitative estimate of drug-likeness (QED) is 0.0188. The number of unbranched alkanes of at least 4 members (excludes halogenated alkanes) is 2. The summed E-state index contributed by atoms with van der Waals surface area (Å²) in [7, 11) is 0. The molecule has 0 bridgehead atoms. The first kappa shape index (κ1) is 88.9. The third-order valence-electron chi connectivity index (χ3n) is 13.1. The molecule has 4 aromatic rings. The maximum atomic E-state index is 10.9. The molecule has 11 heteroatoms. The number of allylic oxidation sites excluding steroid dienone is 1. The van der Waals surface area contributed by atoms with E-state index < -0.39 is 0 Å². The van der Waals surface area contributed by atoms with E-state index >= 15 is 0 Å². The van der Waals surface area contributed by atoms with Crippen LogP contribution < -0.4 is 0 Å². The second kappa shape index (κ2) is 60.8. The van der Waals surface area contributed by atoms with E-state index in [0.29, 0.717) is 22.7 Å². The van der Waals surface area contributed by atoms with Crippen LogP contribution in [0.4, 0.5) is 0 Å². The predicted octanol–water partition coefficient (Wildman–Crippen LogP) is 22.6. The monoisotopic (exact) mass is 1280 g/mol. The molecule has 0 unspecified atom stereocenters. The van der Waals surface area contributed by atoms with E-state index in [-0.39, 0.29) is 10.2 Å². The molecule has 0 spiro atoms. The predicted molar refractivity (Wildman–Crippen MR) is 403 cm³/mol. The van der Waals surface area contributed by atoms with Crippen molar-refractivity contribution in [2.45, 2.75) is 219 Å². The van der Waals surface area contributed by atoms with E-state index in [2.05, 4.69) is 265 Å². The molecule has 0 amide bonds. The molecular weight excluding hydrogens is 1160 g/mol. The number of carbonyl (C=O) groups is 2. The molecule has 466 valence electrons. The van der Waals surface area contributed by atoms with Crippen LogP contribution in [0.15, 0.2) is 109 Å². The lowest BCUT2D eigenvalue weighted by atomic mass is 9.85. The van der Waals surface area contributed by atoms with E-state index in [4.69, 9.17) is 0 Å². The normalized spacial score (nSPS) is 10.5. The average Bonchev–Trinajstić information content (AvgIpc) is 3.45. The van der Waals surface area contributed by atoms with Crippen LogP contribution >= 0.6 is 114 Å². The van der Waals surface area contributed by atoms with E-state index in [0.717, 1.165) is 95.5 Å². The number of rotatable bonds is 25. The highest BCUT2D eigenvalue weighted by Crippen LogP contribution is 2.27. The first-order valence-corrected chi connectivity index (χ1v) is 35.4. The molecule has 4 rings (SSSR count). The highest BCUT2D eigenvalue weighted by molar-refractivity contribution is 7.97. The number of thiol groups is 9. The third kappa shape index (κ3) is 55.4. The SMILES string of the molecule is CC/C=C\CS.CCC(C)(C)CCS.CCCC(C)(C)CCS.CCCC(C)(C)CS.CCCCCS.CCc1ccccc1C(=O)S.CCc1ccccc1CC(=O)S.CCc1ccccc1CCS.CCc1ccccc1CS. The lowest BCUT2D eigenvalue weighted by Crippen LogP contribution is -2.11. The van der Waals surface area contributed by atoms with Gasteiger partial charge in [-0.2, -0.15) is 88.4 Å². The van der Waals surface area contributed by atoms with Gasteiger partial charge in [0.05, 0.1) is 0 Å². The van der Waals surface area contributed by atoms with Crippen LogP contribution in [0, 0.1) is 16.2 Å². The van der Waals surface area contributed by atoms with E-state index in [9.17, 15) is 9.59 Å². The summed E-state index contributed by atoms with van der Waals surface area (Å²) in [4.78, 5) is 21.6. The van der Waals surface area contributed by atoms with Gasteiger partial charge in [0.25, 0.3) is 0 Å². The second-order valence-electron chi connectivity index (χ2n) is 21.8. The Hall–Kier alpha value is -0.890. The molecule has 0 aliphatic rings. The van der Waals surface area contributed by atoms with Crippen LogP contribution in [0.25, 0.3) is 0 Å². The third-order valence-corrected chi connectivity index (χ3v) is 15.9. The van der Waals surface area contributed by atoms with Gasteiger partial charge in [-0.3, -0.25) is 9.59 Å². The Morgan fingerprint density at radius 3 is 1.11 bits per heavy atom. The second-order valence-corrected chi connectivity index (χ2v) is 25.5. The Kier molecular flexibility index (Phi) is 66.7. The van der Waals surface area contributed by atoms with Crippen molar-refractivity contribution in [3.63, 3.8) is 0 Å². The maximum Gasteiger partial charge on any atom is 0.216 e. The number of hydrogen-bond acceptors (Lipinski definition) is 9. The lowest BCUT2D eigenvalue weighted by Gasteiger charge is -2.22. The molecule has 4 aromatic carbocycles. The van der Waals surface area contributed by atoms with Crippen molar-refractivity contribution < 1.29 is 9.59 Å². The Balaban J connectivity index is -0.000000270. The number of carbonyl (C=O) groups excluding carboxylic acids is 2. The van der Waals surface area contributed by atoms with Gasteiger partial charge in [0.1, 0.15) is 0 Å². The fourth-order valence-electron chi connectivity index (χ4n) is 7.54. The largest absolute Gasteiger partial charge is 0.287 e. The minimum absolute atomic E-state index is 0.0732. The van der Waals surface area contributed by atoms with Crippen molar-refractivity contribution in [2.24, 2.45) is 16.2 Å². The number of aryl methyl sites for hydroxylation is 5. The molecule has 0 atom stereocenters. The fourth-order valence-corrected chi connectivity index (χ4v) is 10.2. The molecule has 0 aromatic heterocycles. The summed E-state index contributed by atoms with van der Waals surface area (Å²) in [5, 5.41) is -0.224. The Labute approximate surface area is 551 Å². The van der Waals surface area contributed by atoms with E-state index in [1.165, 1.54) is 92.0 Å². The summed E-state index contributed by atoms with van der Waals surface area (Å²) in [5.41, 5.74) is 11.3. The van der Waals surface area contributed by atoms with Gasteiger partial charge in [0, 0.05) is 23.5 Å². The summed E-state index contributed by atoms with van der Waals surface area (Å²) < 4.78 is 0. The smallest absolute Gasteiger partial charge is 0.216 e. The molecule has 0 saturated heterocycles. The molecule has 0 heterocycles. The highest BCUT2D eigenvalue weighted by Gasteiger charge is 2.15. The lowest BCUT2D eigenvalue weighted by molar-refractivity contribution is -0.110. The first-order chi connectivity index (χ1) is 38.4. The van der Waals surface area contributed by atoms with Crippen molar-refractivity contribution in [1.82, 2.24) is 0 Å². The van der Waals surface area contributed by atoms with Crippen LogP contribution in [0.2, 0.25) is 0 Å². The van der Waals surface area contributed by atoms with Gasteiger partial charge >= 0.3 is 0 Å². The summed E-state index contributed by atoms with van der Waals surface area (Å²) in [5.74, 6) is 6.75. The van der Waals surface area contributed by atoms with Gasteiger partial charge in [-0.05, 0) is 155 Å². The van der Waals surface area contributed by atoms with Crippen molar-refractivity contribution in [3.05, 3.63) is 154 Å². The molecule has 0 radical (unpaired) electrons. The summed E-state index contributed by atoms with van der Waals surface area (Å²) in [6, 6.07) is 32.5. The van der Waals surface area contributed by atoms with Gasteiger partial charge in [-0.25, -0.2) is 0 Å². The zero-order valence-electron chi connectivity index (χ0n) is 53.7. The van der Waals surface area contributed by atoms with Gasteiger partial charge in [-0.15, -0.1) is 25.3 Å². The van der Waals surface area contributed by atoms with E-state index in [1.807, 2.05) is 55.5 Å². The van der Waals surface area contributed by atoms with Crippen LogP contribution in [-0.4, -0.2) is 44.7 Å². The average molecular weight is 1280 g/mol. The minimum Gasteiger partial charge on any atom is -0.287 e. The first-order valence-electron chi connectivity index (χ1n) is 30.1. The Morgan fingerprint density at radius 2 is 0.827 bits per heavy atom. The van der Waals surface area contributed by atoms with Crippen LogP contribution in [0.5, 0.6) is 0 Å². The summed E-state index contributed by atoms with van der Waals surface area (Å²) in [6.07, 6.45) is 23.7. The van der Waals surface area contributed by atoms with Crippen LogP contribution in [0.3, 0.4) is 0 Å². The maximum absolute atomic E-state index is 10.9. The van der Waals surface area contributed by atoms with Crippen molar-refractivity contribution in [3.8, 4) is 0 Å². The van der Waals surface area contributed by atoms with Gasteiger partial charge in [0.15, 0.2) is 5.12 Å². The molecular formula is C70H120O2S9. The molecule has 0 N–H and O–H groups in total. The molecule has 0 fully saturated rings. The summed E-state index contributed by atoms with van der Waals surface area (Å²) in [6.45, 7) is 33.1. The van der Waals surface area contributed by atoms with Crippen molar-refractivity contribution in [1.29, 1.82) is 0 Å². The molecule has 0 aliphatic carbocycles. The van der Waals surface area contributed by atoms with Crippen molar-refractivity contribution >= 4 is 124 Å². The fraction of sp³-hybridized carbons (Fsp3) is 0.600.